The number of carbonyl (C=O) groups excluding carboxylic acids is 2. The summed E-state index contributed by atoms with van der Waals surface area (Å²) in [5.41, 5.74) is 1.68. The third-order valence-corrected chi connectivity index (χ3v) is 4.63. The van der Waals surface area contributed by atoms with E-state index in [4.69, 9.17) is 11.6 Å². The van der Waals surface area contributed by atoms with Gasteiger partial charge in [-0.05, 0) is 32.1 Å². The van der Waals surface area contributed by atoms with Gasteiger partial charge in [0, 0.05) is 30.0 Å². The van der Waals surface area contributed by atoms with Gasteiger partial charge in [-0.3, -0.25) is 9.59 Å². The Morgan fingerprint density at radius 2 is 1.65 bits per heavy atom. The summed E-state index contributed by atoms with van der Waals surface area (Å²) in [5.74, 6) is 0.0189. The van der Waals surface area contributed by atoms with E-state index in [0.717, 1.165) is 5.56 Å². The number of nitrogens with zero attached hydrogens (tertiary/aromatic N) is 1. The fourth-order valence-electron chi connectivity index (χ4n) is 2.79. The summed E-state index contributed by atoms with van der Waals surface area (Å²) in [6.07, 6.45) is 1.25. The molecule has 138 valence electrons. The maximum Gasteiger partial charge on any atom is 0.220 e. The molecule has 5 heteroatoms. The van der Waals surface area contributed by atoms with E-state index >= 15 is 0 Å². The minimum Gasteiger partial charge on any atom is -0.354 e. The Balaban J connectivity index is 1.80. The van der Waals surface area contributed by atoms with Crippen LogP contribution in [0, 0.1) is 0 Å². The molecule has 1 unspecified atom stereocenters. The second-order valence-corrected chi connectivity index (χ2v) is 6.85. The van der Waals surface area contributed by atoms with E-state index in [2.05, 4.69) is 5.32 Å². The normalized spacial score (nSPS) is 12.0. The van der Waals surface area contributed by atoms with Crippen LogP contribution in [0.1, 0.15) is 41.2 Å². The first kappa shape index (κ1) is 20.1. The van der Waals surface area contributed by atoms with Gasteiger partial charge in [0.25, 0.3) is 0 Å². The van der Waals surface area contributed by atoms with E-state index in [0.29, 0.717) is 36.4 Å². The zero-order valence-electron chi connectivity index (χ0n) is 15.2. The summed E-state index contributed by atoms with van der Waals surface area (Å²) in [6.45, 7) is 0.474. The maximum absolute atomic E-state index is 12.1. The number of benzene rings is 2. The SMILES string of the molecule is CN(C)C(CNC(=O)CCCC(=O)c1ccccc1)c1ccccc1Cl. The van der Waals surface area contributed by atoms with Gasteiger partial charge in [0.05, 0.1) is 6.04 Å². The van der Waals surface area contributed by atoms with Crippen LogP contribution in [0.5, 0.6) is 0 Å². The molecule has 0 saturated heterocycles. The number of nitrogens with one attached hydrogen (secondary N) is 1. The van der Waals surface area contributed by atoms with Crippen molar-refractivity contribution in [3.05, 3.63) is 70.7 Å². The van der Waals surface area contributed by atoms with Crippen molar-refractivity contribution >= 4 is 23.3 Å². The summed E-state index contributed by atoms with van der Waals surface area (Å²) >= 11 is 6.28. The van der Waals surface area contributed by atoms with Gasteiger partial charge >= 0.3 is 0 Å². The van der Waals surface area contributed by atoms with Crippen molar-refractivity contribution in [1.29, 1.82) is 0 Å². The topological polar surface area (TPSA) is 49.4 Å². The molecular formula is C21H25ClN2O2. The van der Waals surface area contributed by atoms with Crippen molar-refractivity contribution in [3.8, 4) is 0 Å². The van der Waals surface area contributed by atoms with Crippen LogP contribution in [0.25, 0.3) is 0 Å². The minimum absolute atomic E-state index is 0.00130. The third kappa shape index (κ3) is 5.97. The molecule has 2 rings (SSSR count). The first-order valence-electron chi connectivity index (χ1n) is 8.75. The lowest BCUT2D eigenvalue weighted by Gasteiger charge is -2.26. The van der Waals surface area contributed by atoms with Crippen LogP contribution in [-0.4, -0.2) is 37.2 Å². The Bertz CT molecular complexity index is 732. The van der Waals surface area contributed by atoms with Crippen LogP contribution in [0.2, 0.25) is 5.02 Å². The summed E-state index contributed by atoms with van der Waals surface area (Å²) in [5, 5.41) is 3.64. The van der Waals surface area contributed by atoms with Crippen molar-refractivity contribution in [3.63, 3.8) is 0 Å². The molecule has 2 aromatic carbocycles. The van der Waals surface area contributed by atoms with Crippen molar-refractivity contribution in [1.82, 2.24) is 10.2 Å². The number of likely N-dealkylation sites (N-methyl/N-ethyl adjacent to an activating group) is 1. The second-order valence-electron chi connectivity index (χ2n) is 6.45. The molecule has 0 fully saturated rings. The molecule has 0 saturated carbocycles. The molecule has 0 radical (unpaired) electrons. The minimum atomic E-state index is -0.0511. The smallest absolute Gasteiger partial charge is 0.220 e. The Morgan fingerprint density at radius 1 is 1.00 bits per heavy atom. The Kier molecular flexibility index (Phi) is 7.82. The highest BCUT2D eigenvalue weighted by molar-refractivity contribution is 6.31. The zero-order valence-corrected chi connectivity index (χ0v) is 16.0. The molecule has 0 heterocycles. The van der Waals surface area contributed by atoms with E-state index < -0.39 is 0 Å². The number of carbonyl (C=O) groups is 2. The molecule has 1 amide bonds. The summed E-state index contributed by atoms with van der Waals surface area (Å²) < 4.78 is 0. The lowest BCUT2D eigenvalue weighted by Crippen LogP contribution is -2.34. The molecule has 0 aliphatic carbocycles. The van der Waals surface area contributed by atoms with Crippen LogP contribution >= 0.6 is 11.6 Å². The van der Waals surface area contributed by atoms with Crippen molar-refractivity contribution in [2.75, 3.05) is 20.6 Å². The van der Waals surface area contributed by atoms with Gasteiger partial charge in [-0.1, -0.05) is 60.1 Å². The average Bonchev–Trinajstić information content (AvgIpc) is 2.63. The number of hydrogen-bond acceptors (Lipinski definition) is 3. The van der Waals surface area contributed by atoms with Crippen LogP contribution < -0.4 is 5.32 Å². The maximum atomic E-state index is 12.1. The van der Waals surface area contributed by atoms with E-state index in [-0.39, 0.29) is 17.7 Å². The second kappa shape index (κ2) is 10.1. The molecule has 26 heavy (non-hydrogen) atoms. The van der Waals surface area contributed by atoms with Crippen LogP contribution in [0.3, 0.4) is 0 Å². The summed E-state index contributed by atoms with van der Waals surface area (Å²) in [7, 11) is 3.91. The number of amides is 1. The van der Waals surface area contributed by atoms with E-state index in [1.54, 1.807) is 12.1 Å². The Labute approximate surface area is 160 Å². The van der Waals surface area contributed by atoms with Crippen molar-refractivity contribution in [2.45, 2.75) is 25.3 Å². The average molecular weight is 373 g/mol. The Morgan fingerprint density at radius 3 is 2.31 bits per heavy atom. The molecule has 1 N–H and O–H groups in total. The molecule has 0 bridgehead atoms. The molecule has 2 aromatic rings. The number of hydrogen-bond donors (Lipinski definition) is 1. The van der Waals surface area contributed by atoms with Crippen LogP contribution in [0.4, 0.5) is 0 Å². The monoisotopic (exact) mass is 372 g/mol. The first-order chi connectivity index (χ1) is 12.5. The quantitative estimate of drug-likeness (QED) is 0.674. The number of ketones is 1. The van der Waals surface area contributed by atoms with Gasteiger partial charge < -0.3 is 10.2 Å². The Hall–Kier alpha value is -2.17. The molecule has 4 nitrogen and oxygen atoms in total. The third-order valence-electron chi connectivity index (χ3n) is 4.28. The van der Waals surface area contributed by atoms with Crippen LogP contribution in [0.15, 0.2) is 54.6 Å². The lowest BCUT2D eigenvalue weighted by molar-refractivity contribution is -0.121. The predicted octanol–water partition coefficient (Wildman–Crippen LogP) is 4.11. The highest BCUT2D eigenvalue weighted by atomic mass is 35.5. The molecular weight excluding hydrogens is 348 g/mol. The van der Waals surface area contributed by atoms with Crippen molar-refractivity contribution < 1.29 is 9.59 Å². The summed E-state index contributed by atoms with van der Waals surface area (Å²) in [6, 6.07) is 16.8. The van der Waals surface area contributed by atoms with Crippen molar-refractivity contribution in [2.24, 2.45) is 0 Å². The largest absolute Gasteiger partial charge is 0.354 e. The number of Topliss-reactive ketones (excluding diaryl/α,β-unsaturated/α-hetero) is 1. The van der Waals surface area contributed by atoms with Gasteiger partial charge in [-0.25, -0.2) is 0 Å². The summed E-state index contributed by atoms with van der Waals surface area (Å²) in [4.78, 5) is 26.2. The van der Waals surface area contributed by atoms with E-state index in [1.165, 1.54) is 0 Å². The van der Waals surface area contributed by atoms with E-state index in [1.807, 2.05) is 61.5 Å². The molecule has 1 atom stereocenters. The number of rotatable bonds is 9. The number of halogens is 1. The standard InChI is InChI=1S/C21H25ClN2O2/c1-24(2)19(17-11-6-7-12-18(17)22)15-23-21(26)14-8-13-20(25)16-9-4-3-5-10-16/h3-7,9-12,19H,8,13-15H2,1-2H3,(H,23,26). The highest BCUT2D eigenvalue weighted by Gasteiger charge is 2.17. The first-order valence-corrected chi connectivity index (χ1v) is 9.12. The van der Waals surface area contributed by atoms with E-state index in [9.17, 15) is 9.59 Å². The zero-order chi connectivity index (χ0) is 18.9. The van der Waals surface area contributed by atoms with Gasteiger partial charge in [0.1, 0.15) is 0 Å². The van der Waals surface area contributed by atoms with Gasteiger partial charge in [0.2, 0.25) is 5.91 Å². The van der Waals surface area contributed by atoms with Crippen LogP contribution in [-0.2, 0) is 4.79 Å². The molecule has 0 spiro atoms. The lowest BCUT2D eigenvalue weighted by atomic mass is 10.0. The fourth-order valence-corrected chi connectivity index (χ4v) is 3.05. The molecule has 0 aliphatic heterocycles. The highest BCUT2D eigenvalue weighted by Crippen LogP contribution is 2.25. The predicted molar refractivity (Wildman–Crippen MR) is 106 cm³/mol. The fraction of sp³-hybridized carbons (Fsp3) is 0.333. The molecule has 0 aromatic heterocycles. The molecule has 0 aliphatic rings. The van der Waals surface area contributed by atoms with Gasteiger partial charge in [0.15, 0.2) is 5.78 Å². The van der Waals surface area contributed by atoms with Gasteiger partial charge in [-0.2, -0.15) is 0 Å². The van der Waals surface area contributed by atoms with Gasteiger partial charge in [-0.15, -0.1) is 0 Å².